The van der Waals surface area contributed by atoms with Crippen molar-refractivity contribution in [1.82, 2.24) is 14.6 Å². The van der Waals surface area contributed by atoms with Gasteiger partial charge in [-0.1, -0.05) is 39.5 Å². The molecule has 2 heterocycles. The van der Waals surface area contributed by atoms with Crippen LogP contribution in [0.3, 0.4) is 0 Å². The van der Waals surface area contributed by atoms with Crippen LogP contribution in [-0.4, -0.2) is 57.2 Å². The fourth-order valence-corrected chi connectivity index (χ4v) is 11.0. The zero-order valence-electron chi connectivity index (χ0n) is 21.9. The van der Waals surface area contributed by atoms with Crippen LogP contribution < -0.4 is 4.52 Å². The van der Waals surface area contributed by atoms with Gasteiger partial charge in [0.05, 0.1) is 19.8 Å². The van der Waals surface area contributed by atoms with E-state index in [9.17, 15) is 9.36 Å². The molecule has 1 amide bonds. The van der Waals surface area contributed by atoms with Gasteiger partial charge in [0.1, 0.15) is 5.82 Å². The number of nitrogens with zero attached hydrogens (tertiary/aromatic N) is 3. The molecule has 1 aliphatic heterocycles. The minimum atomic E-state index is -3.02. The SMILES string of the molecule is CCOP(=O)(SC(C)CC)N1CCSC1=O.CCOP(=S)(OCC)Oc1cc(C)nc(C(C)C)n1. The van der Waals surface area contributed by atoms with Gasteiger partial charge in [0.2, 0.25) is 5.88 Å². The van der Waals surface area contributed by atoms with Gasteiger partial charge in [-0.25, -0.2) is 4.98 Å². The van der Waals surface area contributed by atoms with Gasteiger partial charge in [0.15, 0.2) is 0 Å². The topological polar surface area (TPSA) is 100 Å². The van der Waals surface area contributed by atoms with Crippen molar-refractivity contribution in [2.45, 2.75) is 73.0 Å². The lowest BCUT2D eigenvalue weighted by Gasteiger charge is -2.27. The minimum absolute atomic E-state index is 0.118. The molecule has 2 unspecified atom stereocenters. The highest BCUT2D eigenvalue weighted by atomic mass is 32.7. The predicted octanol–water partition coefficient (Wildman–Crippen LogP) is 7.42. The molecule has 0 bridgehead atoms. The lowest BCUT2D eigenvalue weighted by Crippen LogP contribution is -2.20. The van der Waals surface area contributed by atoms with Crippen LogP contribution >= 0.6 is 36.6 Å². The highest BCUT2D eigenvalue weighted by molar-refractivity contribution is 8.56. The molecule has 0 radical (unpaired) electrons. The summed E-state index contributed by atoms with van der Waals surface area (Å²) in [6, 6.07) is 1.74. The van der Waals surface area contributed by atoms with Gasteiger partial charge in [-0.15, -0.1) is 0 Å². The zero-order chi connectivity index (χ0) is 26.6. The van der Waals surface area contributed by atoms with Crippen LogP contribution in [0.5, 0.6) is 5.88 Å². The minimum Gasteiger partial charge on any atom is -0.406 e. The molecular weight excluding hydrogens is 548 g/mol. The molecule has 9 nitrogen and oxygen atoms in total. The van der Waals surface area contributed by atoms with E-state index in [2.05, 4.69) is 9.97 Å². The van der Waals surface area contributed by atoms with E-state index in [-0.39, 0.29) is 16.4 Å². The Kier molecular flexibility index (Phi) is 14.9. The van der Waals surface area contributed by atoms with E-state index in [4.69, 9.17) is 29.9 Å². The summed E-state index contributed by atoms with van der Waals surface area (Å²) in [5, 5.41) is 0.114. The second-order valence-electron chi connectivity index (χ2n) is 7.68. The first kappa shape index (κ1) is 32.8. The molecule has 1 aromatic heterocycles. The van der Waals surface area contributed by atoms with Crippen molar-refractivity contribution in [3.8, 4) is 5.88 Å². The first-order valence-electron chi connectivity index (χ1n) is 11.7. The Morgan fingerprint density at radius 3 is 2.17 bits per heavy atom. The Balaban J connectivity index is 0.000000355. The number of rotatable bonds is 13. The fourth-order valence-electron chi connectivity index (χ4n) is 2.62. The summed E-state index contributed by atoms with van der Waals surface area (Å²) in [5.74, 6) is 2.07. The summed E-state index contributed by atoms with van der Waals surface area (Å²) in [6.45, 7) is 11.5. The van der Waals surface area contributed by atoms with Crippen LogP contribution in [0.2, 0.25) is 0 Å². The summed E-state index contributed by atoms with van der Waals surface area (Å²) in [4.78, 5) is 20.3. The predicted molar refractivity (Wildman–Crippen MR) is 150 cm³/mol. The molecule has 202 valence electrons. The monoisotopic (exact) mass is 587 g/mol. The average Bonchev–Trinajstić information content (AvgIpc) is 3.20. The number of hydrogen-bond acceptors (Lipinski definition) is 11. The molecule has 0 aliphatic carbocycles. The maximum Gasteiger partial charge on any atom is 0.381 e. The van der Waals surface area contributed by atoms with Gasteiger partial charge >= 0.3 is 13.4 Å². The number of carbonyl (C=O) groups is 1. The van der Waals surface area contributed by atoms with Crippen molar-refractivity contribution >= 4 is 53.6 Å². The quantitative estimate of drug-likeness (QED) is 0.216. The highest BCUT2D eigenvalue weighted by Crippen LogP contribution is 2.66. The molecule has 35 heavy (non-hydrogen) atoms. The molecule has 14 heteroatoms. The van der Waals surface area contributed by atoms with Gasteiger partial charge in [-0.2, -0.15) is 4.98 Å². The fraction of sp³-hybridized carbons (Fsp3) is 0.762. The van der Waals surface area contributed by atoms with Gasteiger partial charge in [-0.3, -0.25) is 23.1 Å². The number of hydrogen-bond donors (Lipinski definition) is 0. The summed E-state index contributed by atoms with van der Waals surface area (Å²) < 4.78 is 36.0. The van der Waals surface area contributed by atoms with E-state index in [0.29, 0.717) is 38.0 Å². The Morgan fingerprint density at radius 1 is 1.11 bits per heavy atom. The van der Waals surface area contributed by atoms with Gasteiger partial charge in [0, 0.05) is 47.0 Å². The third-order valence-corrected chi connectivity index (χ3v) is 13.1. The highest BCUT2D eigenvalue weighted by Gasteiger charge is 2.40. The van der Waals surface area contributed by atoms with Crippen molar-refractivity contribution < 1.29 is 27.5 Å². The largest absolute Gasteiger partial charge is 0.406 e. The number of amides is 1. The standard InChI is InChI=1S/C12H21N2O3PS.C9H18NO3PS2/c1-6-15-18(19,16-7-2)17-11-8-10(5)13-12(14-11)9(3)4;1-4-8(3)16-14(12,13-5-2)10-6-7-15-9(10)11/h8-9H,6-7H2,1-5H3;8H,4-7H2,1-3H3. The van der Waals surface area contributed by atoms with Crippen LogP contribution in [0.4, 0.5) is 4.79 Å². The van der Waals surface area contributed by atoms with E-state index in [1.165, 1.54) is 27.8 Å². The molecular formula is C21H39N3O6P2S3. The molecule has 0 spiro atoms. The second-order valence-corrected chi connectivity index (χ2v) is 16.4. The summed E-state index contributed by atoms with van der Waals surface area (Å²) in [7, 11) is 0. The van der Waals surface area contributed by atoms with Crippen LogP contribution in [0.25, 0.3) is 0 Å². The van der Waals surface area contributed by atoms with E-state index >= 15 is 0 Å². The van der Waals surface area contributed by atoms with Crippen molar-refractivity contribution in [3.05, 3.63) is 17.6 Å². The smallest absolute Gasteiger partial charge is 0.381 e. The van der Waals surface area contributed by atoms with Crippen LogP contribution in [0.1, 0.15) is 72.3 Å². The third kappa shape index (κ3) is 11.0. The lowest BCUT2D eigenvalue weighted by molar-refractivity contribution is 0.215. The molecule has 2 rings (SSSR count). The van der Waals surface area contributed by atoms with Gasteiger partial charge < -0.3 is 9.05 Å². The van der Waals surface area contributed by atoms with Crippen molar-refractivity contribution in [3.63, 3.8) is 0 Å². The van der Waals surface area contributed by atoms with Gasteiger partial charge in [0.25, 0.3) is 5.24 Å². The molecule has 1 aliphatic rings. The van der Waals surface area contributed by atoms with Gasteiger partial charge in [-0.05, 0) is 45.5 Å². The molecule has 1 saturated heterocycles. The van der Waals surface area contributed by atoms with Crippen molar-refractivity contribution in [1.29, 1.82) is 0 Å². The molecule has 0 aromatic carbocycles. The average molecular weight is 588 g/mol. The lowest BCUT2D eigenvalue weighted by atomic mass is 10.2. The normalized spacial score (nSPS) is 16.6. The van der Waals surface area contributed by atoms with E-state index < -0.39 is 13.4 Å². The van der Waals surface area contributed by atoms with Crippen LogP contribution in [0.15, 0.2) is 6.07 Å². The van der Waals surface area contributed by atoms with E-state index in [0.717, 1.165) is 17.9 Å². The van der Waals surface area contributed by atoms with Crippen molar-refractivity contribution in [2.24, 2.45) is 0 Å². The Hall–Kier alpha value is -0.190. The molecule has 0 N–H and O–H groups in total. The zero-order valence-corrected chi connectivity index (χ0v) is 26.1. The molecule has 2 atom stereocenters. The van der Waals surface area contributed by atoms with E-state index in [1.807, 2.05) is 48.5 Å². The third-order valence-electron chi connectivity index (χ3n) is 4.36. The Bertz CT molecular complexity index is 899. The Labute approximate surface area is 223 Å². The Morgan fingerprint density at radius 2 is 1.71 bits per heavy atom. The van der Waals surface area contributed by atoms with E-state index in [1.54, 1.807) is 13.0 Å². The van der Waals surface area contributed by atoms with Crippen molar-refractivity contribution in [2.75, 3.05) is 32.1 Å². The maximum atomic E-state index is 12.6. The first-order chi connectivity index (χ1) is 16.4. The number of thioether (sulfide) groups is 1. The van der Waals surface area contributed by atoms with Crippen LogP contribution in [0, 0.1) is 6.92 Å². The number of carbonyl (C=O) groups excluding carboxylic acids is 1. The number of aryl methyl sites for hydroxylation is 1. The summed E-state index contributed by atoms with van der Waals surface area (Å²) in [5.41, 5.74) is 0.836. The number of aromatic nitrogens is 2. The maximum absolute atomic E-state index is 12.6. The molecule has 1 fully saturated rings. The molecule has 1 aromatic rings. The summed E-state index contributed by atoms with van der Waals surface area (Å²) in [6.07, 6.45) is 0.914. The summed E-state index contributed by atoms with van der Waals surface area (Å²) >= 11 is 7.83. The molecule has 0 saturated carbocycles. The first-order valence-corrected chi connectivity index (χ1v) is 18.4. The van der Waals surface area contributed by atoms with Crippen LogP contribution in [-0.2, 0) is 29.9 Å². The second kappa shape index (κ2) is 15.9.